The van der Waals surface area contributed by atoms with E-state index in [9.17, 15) is 0 Å². The van der Waals surface area contributed by atoms with E-state index in [4.69, 9.17) is 4.52 Å². The minimum Gasteiger partial charge on any atom is -0.338 e. The standard InChI is InChI=1S/C10H19N3OS/c1-4-5-11-6-10-12-9(13-14-10)7-15-8(2)3/h8,11H,4-7H2,1-3H3. The first-order valence-electron chi connectivity index (χ1n) is 5.36. The van der Waals surface area contributed by atoms with Gasteiger partial charge in [0.1, 0.15) is 0 Å². The molecule has 0 aliphatic rings. The monoisotopic (exact) mass is 229 g/mol. The Morgan fingerprint density at radius 2 is 2.27 bits per heavy atom. The van der Waals surface area contributed by atoms with Crippen LogP contribution in [0, 0.1) is 0 Å². The molecule has 0 aliphatic heterocycles. The van der Waals surface area contributed by atoms with Crippen LogP contribution in [0.4, 0.5) is 0 Å². The predicted octanol–water partition coefficient (Wildman–Crippen LogP) is 2.21. The van der Waals surface area contributed by atoms with Crippen molar-refractivity contribution in [2.24, 2.45) is 0 Å². The number of aromatic nitrogens is 2. The van der Waals surface area contributed by atoms with Crippen molar-refractivity contribution in [2.45, 2.75) is 44.7 Å². The molecule has 1 heterocycles. The van der Waals surface area contributed by atoms with Crippen LogP contribution in [-0.2, 0) is 12.3 Å². The molecule has 1 N–H and O–H groups in total. The third kappa shape index (κ3) is 5.18. The van der Waals surface area contributed by atoms with Gasteiger partial charge in [-0.05, 0) is 18.2 Å². The molecule has 0 aliphatic carbocycles. The lowest BCUT2D eigenvalue weighted by molar-refractivity contribution is 0.364. The number of hydrogen-bond acceptors (Lipinski definition) is 5. The molecule has 0 bridgehead atoms. The average Bonchev–Trinajstić information content (AvgIpc) is 2.63. The number of rotatable bonds is 7. The molecular formula is C10H19N3OS. The number of thioether (sulfide) groups is 1. The molecule has 0 atom stereocenters. The molecule has 15 heavy (non-hydrogen) atoms. The minimum atomic E-state index is 0.602. The van der Waals surface area contributed by atoms with E-state index in [1.807, 2.05) is 11.8 Å². The summed E-state index contributed by atoms with van der Waals surface area (Å²) in [6.45, 7) is 8.11. The van der Waals surface area contributed by atoms with Gasteiger partial charge in [-0.2, -0.15) is 16.7 Å². The van der Waals surface area contributed by atoms with Gasteiger partial charge in [0, 0.05) is 0 Å². The Morgan fingerprint density at radius 3 is 2.93 bits per heavy atom. The summed E-state index contributed by atoms with van der Waals surface area (Å²) in [5, 5.41) is 7.75. The summed E-state index contributed by atoms with van der Waals surface area (Å²) in [4.78, 5) is 4.29. The zero-order valence-corrected chi connectivity index (χ0v) is 10.4. The Balaban J connectivity index is 2.29. The molecule has 0 aromatic carbocycles. The van der Waals surface area contributed by atoms with Gasteiger partial charge in [-0.3, -0.25) is 0 Å². The second-order valence-corrected chi connectivity index (χ2v) is 5.21. The SMILES string of the molecule is CCCNCc1nc(CSC(C)C)no1. The third-order valence-corrected chi connectivity index (χ3v) is 2.85. The number of nitrogens with zero attached hydrogens (tertiary/aromatic N) is 2. The van der Waals surface area contributed by atoms with Gasteiger partial charge in [-0.25, -0.2) is 0 Å². The number of hydrogen-bond donors (Lipinski definition) is 1. The molecule has 5 heteroatoms. The van der Waals surface area contributed by atoms with Gasteiger partial charge in [0.2, 0.25) is 5.89 Å². The molecule has 4 nitrogen and oxygen atoms in total. The summed E-state index contributed by atoms with van der Waals surface area (Å²) in [5.41, 5.74) is 0. The highest BCUT2D eigenvalue weighted by molar-refractivity contribution is 7.99. The highest BCUT2D eigenvalue weighted by Crippen LogP contribution is 2.14. The normalized spacial score (nSPS) is 11.2. The molecule has 0 unspecified atom stereocenters. The lowest BCUT2D eigenvalue weighted by Gasteiger charge is -1.99. The van der Waals surface area contributed by atoms with E-state index in [2.05, 4.69) is 36.2 Å². The molecule has 1 aromatic heterocycles. The highest BCUT2D eigenvalue weighted by atomic mass is 32.2. The van der Waals surface area contributed by atoms with Gasteiger partial charge in [0.25, 0.3) is 0 Å². The Bertz CT molecular complexity index is 275. The summed E-state index contributed by atoms with van der Waals surface area (Å²) in [6, 6.07) is 0. The lowest BCUT2D eigenvalue weighted by Crippen LogP contribution is -2.13. The van der Waals surface area contributed by atoms with E-state index < -0.39 is 0 Å². The van der Waals surface area contributed by atoms with E-state index in [1.54, 1.807) is 0 Å². The summed E-state index contributed by atoms with van der Waals surface area (Å²) >= 11 is 1.82. The van der Waals surface area contributed by atoms with Crippen molar-refractivity contribution in [1.29, 1.82) is 0 Å². The summed E-state index contributed by atoms with van der Waals surface area (Å²) in [5.74, 6) is 2.30. The van der Waals surface area contributed by atoms with Crippen molar-refractivity contribution in [3.05, 3.63) is 11.7 Å². The van der Waals surface area contributed by atoms with Crippen molar-refractivity contribution in [3.63, 3.8) is 0 Å². The first-order valence-corrected chi connectivity index (χ1v) is 6.41. The van der Waals surface area contributed by atoms with Crippen molar-refractivity contribution in [3.8, 4) is 0 Å². The van der Waals surface area contributed by atoms with Crippen LogP contribution in [0.5, 0.6) is 0 Å². The fourth-order valence-corrected chi connectivity index (χ4v) is 1.63. The van der Waals surface area contributed by atoms with Gasteiger partial charge >= 0.3 is 0 Å². The largest absolute Gasteiger partial charge is 0.338 e. The smallest absolute Gasteiger partial charge is 0.240 e. The van der Waals surface area contributed by atoms with Gasteiger partial charge in [0.15, 0.2) is 5.82 Å². The van der Waals surface area contributed by atoms with E-state index in [0.29, 0.717) is 17.7 Å². The maximum Gasteiger partial charge on any atom is 0.240 e. The Morgan fingerprint density at radius 1 is 1.47 bits per heavy atom. The molecule has 0 spiro atoms. The molecular weight excluding hydrogens is 210 g/mol. The van der Waals surface area contributed by atoms with Crippen LogP contribution in [0.2, 0.25) is 0 Å². The van der Waals surface area contributed by atoms with E-state index in [0.717, 1.165) is 24.5 Å². The first kappa shape index (κ1) is 12.5. The summed E-state index contributed by atoms with van der Waals surface area (Å²) < 4.78 is 5.11. The molecule has 0 saturated heterocycles. The topological polar surface area (TPSA) is 51.0 Å². The fourth-order valence-electron chi connectivity index (χ4n) is 1.03. The van der Waals surface area contributed by atoms with Crippen molar-refractivity contribution in [1.82, 2.24) is 15.5 Å². The molecule has 0 amide bonds. The van der Waals surface area contributed by atoms with Crippen LogP contribution in [0.25, 0.3) is 0 Å². The van der Waals surface area contributed by atoms with E-state index in [-0.39, 0.29) is 0 Å². The van der Waals surface area contributed by atoms with Gasteiger partial charge in [-0.15, -0.1) is 0 Å². The Kier molecular flexibility index (Phi) is 5.71. The van der Waals surface area contributed by atoms with E-state index in [1.165, 1.54) is 0 Å². The zero-order chi connectivity index (χ0) is 11.1. The minimum absolute atomic E-state index is 0.602. The van der Waals surface area contributed by atoms with Crippen LogP contribution in [0.15, 0.2) is 4.52 Å². The molecule has 0 fully saturated rings. The van der Waals surface area contributed by atoms with Gasteiger partial charge in [0.05, 0.1) is 12.3 Å². The molecule has 1 aromatic rings. The Labute approximate surface area is 95.2 Å². The van der Waals surface area contributed by atoms with Crippen molar-refractivity contribution < 1.29 is 4.52 Å². The first-order chi connectivity index (χ1) is 7.22. The van der Waals surface area contributed by atoms with E-state index >= 15 is 0 Å². The summed E-state index contributed by atoms with van der Waals surface area (Å²) in [7, 11) is 0. The third-order valence-electron chi connectivity index (χ3n) is 1.76. The van der Waals surface area contributed by atoms with Crippen molar-refractivity contribution >= 4 is 11.8 Å². The van der Waals surface area contributed by atoms with Crippen LogP contribution in [0.1, 0.15) is 38.9 Å². The molecule has 1 rings (SSSR count). The maximum absolute atomic E-state index is 5.11. The van der Waals surface area contributed by atoms with Crippen LogP contribution >= 0.6 is 11.8 Å². The van der Waals surface area contributed by atoms with Gasteiger partial charge < -0.3 is 9.84 Å². The fraction of sp³-hybridized carbons (Fsp3) is 0.800. The molecule has 0 saturated carbocycles. The average molecular weight is 229 g/mol. The summed E-state index contributed by atoms with van der Waals surface area (Å²) in [6.07, 6.45) is 1.12. The predicted molar refractivity (Wildman–Crippen MR) is 62.7 cm³/mol. The quantitative estimate of drug-likeness (QED) is 0.726. The lowest BCUT2D eigenvalue weighted by atomic mass is 10.5. The van der Waals surface area contributed by atoms with Crippen molar-refractivity contribution in [2.75, 3.05) is 6.54 Å². The second-order valence-electron chi connectivity index (χ2n) is 3.64. The zero-order valence-electron chi connectivity index (χ0n) is 9.62. The maximum atomic E-state index is 5.11. The Hall–Kier alpha value is -0.550. The second kappa shape index (κ2) is 6.85. The van der Waals surface area contributed by atoms with Crippen LogP contribution in [-0.4, -0.2) is 21.9 Å². The molecule has 86 valence electrons. The highest BCUT2D eigenvalue weighted by Gasteiger charge is 2.06. The van der Waals surface area contributed by atoms with Crippen LogP contribution in [0.3, 0.4) is 0 Å². The molecule has 0 radical (unpaired) electrons. The van der Waals surface area contributed by atoms with Gasteiger partial charge in [-0.1, -0.05) is 25.9 Å². The number of nitrogens with one attached hydrogen (secondary N) is 1. The van der Waals surface area contributed by atoms with Crippen LogP contribution < -0.4 is 5.32 Å².